The number of rotatable bonds is 9. The fourth-order valence-corrected chi connectivity index (χ4v) is 2.73. The molecule has 0 bridgehead atoms. The maximum absolute atomic E-state index is 12.3. The SMILES string of the molecule is COCCN(CCOC)S(=O)(=O)c1ccc(C=O)o1. The summed E-state index contributed by atoms with van der Waals surface area (Å²) in [5.74, 6) is -0.0305. The fraction of sp³-hybridized carbons (Fsp3) is 0.545. The fourth-order valence-electron chi connectivity index (χ4n) is 1.40. The third kappa shape index (κ3) is 4.13. The molecule has 8 heteroatoms. The van der Waals surface area contributed by atoms with Gasteiger partial charge in [-0.05, 0) is 12.1 Å². The standard InChI is InChI=1S/C11H17NO6S/c1-16-7-5-12(6-8-17-2)19(14,15)11-4-3-10(9-13)18-11/h3-4,9H,5-8H2,1-2H3. The normalized spacial score (nSPS) is 11.9. The van der Waals surface area contributed by atoms with Gasteiger partial charge in [0.25, 0.3) is 10.0 Å². The van der Waals surface area contributed by atoms with Crippen molar-refractivity contribution >= 4 is 16.3 Å². The Balaban J connectivity index is 2.93. The molecular formula is C11H17NO6S. The molecule has 0 aromatic carbocycles. The molecule has 0 N–H and O–H groups in total. The van der Waals surface area contributed by atoms with Gasteiger partial charge in [0, 0.05) is 27.3 Å². The maximum atomic E-state index is 12.3. The smallest absolute Gasteiger partial charge is 0.276 e. The molecule has 19 heavy (non-hydrogen) atoms. The molecule has 1 aromatic heterocycles. The Hall–Kier alpha value is -1.22. The Labute approximate surface area is 112 Å². The molecule has 1 rings (SSSR count). The molecule has 0 aliphatic carbocycles. The molecule has 0 amide bonds. The van der Waals surface area contributed by atoms with E-state index in [0.717, 1.165) is 0 Å². The predicted octanol–water partition coefficient (Wildman–Crippen LogP) is 0.376. The van der Waals surface area contributed by atoms with Crippen LogP contribution in [0.2, 0.25) is 0 Å². The zero-order valence-electron chi connectivity index (χ0n) is 10.9. The van der Waals surface area contributed by atoms with Crippen molar-refractivity contribution in [3.8, 4) is 0 Å². The van der Waals surface area contributed by atoms with Gasteiger partial charge in [0.1, 0.15) is 0 Å². The van der Waals surface area contributed by atoms with Gasteiger partial charge < -0.3 is 13.9 Å². The first-order valence-electron chi connectivity index (χ1n) is 5.59. The lowest BCUT2D eigenvalue weighted by Gasteiger charge is -2.19. The van der Waals surface area contributed by atoms with E-state index in [1.54, 1.807) is 0 Å². The molecule has 0 saturated carbocycles. The lowest BCUT2D eigenvalue weighted by atomic mass is 10.5. The Kier molecular flexibility index (Phi) is 6.16. The monoisotopic (exact) mass is 291 g/mol. The van der Waals surface area contributed by atoms with Crippen LogP contribution in [-0.2, 0) is 19.5 Å². The molecule has 1 aromatic rings. The Morgan fingerprint density at radius 3 is 2.21 bits per heavy atom. The summed E-state index contributed by atoms with van der Waals surface area (Å²) in [5, 5.41) is -0.262. The molecule has 0 atom stereocenters. The van der Waals surface area contributed by atoms with Gasteiger partial charge in [-0.1, -0.05) is 0 Å². The molecular weight excluding hydrogens is 274 g/mol. The highest BCUT2D eigenvalue weighted by Crippen LogP contribution is 2.17. The van der Waals surface area contributed by atoms with E-state index in [0.29, 0.717) is 6.29 Å². The third-order valence-electron chi connectivity index (χ3n) is 2.40. The summed E-state index contributed by atoms with van der Waals surface area (Å²) < 4.78 is 40.5. The molecule has 0 unspecified atom stereocenters. The highest BCUT2D eigenvalue weighted by Gasteiger charge is 2.27. The lowest BCUT2D eigenvalue weighted by Crippen LogP contribution is -2.36. The maximum Gasteiger partial charge on any atom is 0.276 e. The minimum Gasteiger partial charge on any atom is -0.440 e. The van der Waals surface area contributed by atoms with Crippen LogP contribution in [0.4, 0.5) is 0 Å². The average Bonchev–Trinajstić information content (AvgIpc) is 2.88. The van der Waals surface area contributed by atoms with E-state index in [1.807, 2.05) is 0 Å². The van der Waals surface area contributed by atoms with Crippen LogP contribution < -0.4 is 0 Å². The largest absolute Gasteiger partial charge is 0.440 e. The minimum absolute atomic E-state index is 0.0305. The number of hydrogen-bond donors (Lipinski definition) is 0. The van der Waals surface area contributed by atoms with Gasteiger partial charge in [-0.3, -0.25) is 4.79 Å². The summed E-state index contributed by atoms with van der Waals surface area (Å²) in [6, 6.07) is 2.57. The van der Waals surface area contributed by atoms with Crippen LogP contribution >= 0.6 is 0 Å². The summed E-state index contributed by atoms with van der Waals surface area (Å²) in [4.78, 5) is 10.5. The van der Waals surface area contributed by atoms with Crippen LogP contribution in [-0.4, -0.2) is 59.5 Å². The van der Waals surface area contributed by atoms with E-state index in [1.165, 1.54) is 30.7 Å². The number of hydrogen-bond acceptors (Lipinski definition) is 6. The van der Waals surface area contributed by atoms with Gasteiger partial charge >= 0.3 is 0 Å². The number of sulfonamides is 1. The van der Waals surface area contributed by atoms with Crippen LogP contribution in [0.1, 0.15) is 10.6 Å². The first-order valence-corrected chi connectivity index (χ1v) is 7.03. The van der Waals surface area contributed by atoms with Crippen molar-refractivity contribution in [2.24, 2.45) is 0 Å². The van der Waals surface area contributed by atoms with E-state index < -0.39 is 10.0 Å². The number of aldehydes is 1. The van der Waals surface area contributed by atoms with Gasteiger partial charge in [0.05, 0.1) is 13.2 Å². The summed E-state index contributed by atoms with van der Waals surface area (Å²) in [7, 11) is -0.818. The van der Waals surface area contributed by atoms with Crippen molar-refractivity contribution in [2.45, 2.75) is 5.09 Å². The van der Waals surface area contributed by atoms with Crippen molar-refractivity contribution in [1.82, 2.24) is 4.31 Å². The van der Waals surface area contributed by atoms with Crippen LogP contribution in [0.25, 0.3) is 0 Å². The van der Waals surface area contributed by atoms with Gasteiger partial charge in [0.15, 0.2) is 12.0 Å². The number of furan rings is 1. The van der Waals surface area contributed by atoms with Gasteiger partial charge in [0.2, 0.25) is 5.09 Å². The molecule has 0 aliphatic rings. The van der Waals surface area contributed by atoms with Gasteiger partial charge in [-0.15, -0.1) is 0 Å². The first kappa shape index (κ1) is 15.8. The van der Waals surface area contributed by atoms with E-state index in [4.69, 9.17) is 13.9 Å². The molecule has 108 valence electrons. The van der Waals surface area contributed by atoms with Crippen LogP contribution in [0.5, 0.6) is 0 Å². The zero-order valence-corrected chi connectivity index (χ0v) is 11.7. The molecule has 0 fully saturated rings. The molecule has 7 nitrogen and oxygen atoms in total. The summed E-state index contributed by atoms with van der Waals surface area (Å²) in [6.07, 6.45) is 0.452. The van der Waals surface area contributed by atoms with Crippen molar-refractivity contribution < 1.29 is 27.1 Å². The quantitative estimate of drug-likeness (QED) is 0.611. The van der Waals surface area contributed by atoms with E-state index in [2.05, 4.69) is 0 Å². The Morgan fingerprint density at radius 1 is 1.21 bits per heavy atom. The zero-order chi connectivity index (χ0) is 14.3. The van der Waals surface area contributed by atoms with Crippen molar-refractivity contribution in [3.63, 3.8) is 0 Å². The third-order valence-corrected chi connectivity index (χ3v) is 4.17. The highest BCUT2D eigenvalue weighted by molar-refractivity contribution is 7.89. The average molecular weight is 291 g/mol. The number of nitrogens with zero attached hydrogens (tertiary/aromatic N) is 1. The first-order chi connectivity index (χ1) is 9.06. The second-order valence-corrected chi connectivity index (χ2v) is 5.53. The summed E-state index contributed by atoms with van der Waals surface area (Å²) >= 11 is 0. The summed E-state index contributed by atoms with van der Waals surface area (Å²) in [5.41, 5.74) is 0. The molecule has 0 radical (unpaired) electrons. The molecule has 0 saturated heterocycles. The molecule has 0 spiro atoms. The van der Waals surface area contributed by atoms with Gasteiger partial charge in [-0.2, -0.15) is 4.31 Å². The van der Waals surface area contributed by atoms with Crippen LogP contribution in [0, 0.1) is 0 Å². The lowest BCUT2D eigenvalue weighted by molar-refractivity contribution is 0.109. The van der Waals surface area contributed by atoms with Crippen LogP contribution in [0.15, 0.2) is 21.6 Å². The summed E-state index contributed by atoms with van der Waals surface area (Å²) in [6.45, 7) is 0.868. The topological polar surface area (TPSA) is 86.0 Å². The Morgan fingerprint density at radius 2 is 1.79 bits per heavy atom. The van der Waals surface area contributed by atoms with Crippen molar-refractivity contribution in [1.29, 1.82) is 0 Å². The van der Waals surface area contributed by atoms with Crippen molar-refractivity contribution in [2.75, 3.05) is 40.5 Å². The predicted molar refractivity (Wildman–Crippen MR) is 66.6 cm³/mol. The highest BCUT2D eigenvalue weighted by atomic mass is 32.2. The second-order valence-electron chi connectivity index (χ2n) is 3.66. The number of ether oxygens (including phenoxy) is 2. The molecule has 1 heterocycles. The number of carbonyl (C=O) groups is 1. The van der Waals surface area contributed by atoms with E-state index in [9.17, 15) is 13.2 Å². The van der Waals surface area contributed by atoms with E-state index in [-0.39, 0.29) is 37.2 Å². The molecule has 0 aliphatic heterocycles. The van der Waals surface area contributed by atoms with Crippen molar-refractivity contribution in [3.05, 3.63) is 17.9 Å². The van der Waals surface area contributed by atoms with Crippen LogP contribution in [0.3, 0.4) is 0 Å². The Bertz CT molecular complexity index is 487. The van der Waals surface area contributed by atoms with Gasteiger partial charge in [-0.25, -0.2) is 8.42 Å². The number of carbonyl (C=O) groups excluding carboxylic acids is 1. The minimum atomic E-state index is -3.79. The number of methoxy groups -OCH3 is 2. The second kappa shape index (κ2) is 7.39. The van der Waals surface area contributed by atoms with E-state index >= 15 is 0 Å².